The topological polar surface area (TPSA) is 73.0 Å². The number of furan rings is 1. The Morgan fingerprint density at radius 1 is 1.39 bits per heavy atom. The molecule has 0 aromatic carbocycles. The van der Waals surface area contributed by atoms with Crippen molar-refractivity contribution in [3.8, 4) is 0 Å². The molecule has 1 aromatic rings. The van der Waals surface area contributed by atoms with Crippen molar-refractivity contribution in [2.24, 2.45) is 4.99 Å². The molecule has 7 heteroatoms. The van der Waals surface area contributed by atoms with E-state index in [-0.39, 0.29) is 0 Å². The highest BCUT2D eigenvalue weighted by Crippen LogP contribution is 2.05. The van der Waals surface area contributed by atoms with Gasteiger partial charge >= 0.3 is 0 Å². The van der Waals surface area contributed by atoms with Gasteiger partial charge in [-0.05, 0) is 39.4 Å². The molecule has 0 aliphatic rings. The van der Waals surface area contributed by atoms with Crippen LogP contribution in [0.2, 0.25) is 0 Å². The van der Waals surface area contributed by atoms with Crippen LogP contribution in [-0.4, -0.2) is 73.9 Å². The fraction of sp³-hybridized carbons (Fsp3) is 0.688. The first-order chi connectivity index (χ1) is 10.9. The Bertz CT molecular complexity index is 447. The lowest BCUT2D eigenvalue weighted by molar-refractivity contribution is 0.0423. The number of nitrogens with zero attached hydrogens (tertiary/aromatic N) is 2. The van der Waals surface area contributed by atoms with Crippen molar-refractivity contribution in [3.05, 3.63) is 24.2 Å². The molecule has 0 amide bonds. The van der Waals surface area contributed by atoms with E-state index < -0.39 is 5.60 Å². The van der Waals surface area contributed by atoms with Crippen LogP contribution in [0.1, 0.15) is 12.7 Å². The molecule has 1 atom stereocenters. The van der Waals surface area contributed by atoms with Gasteiger partial charge in [0.25, 0.3) is 0 Å². The molecule has 23 heavy (non-hydrogen) atoms. The summed E-state index contributed by atoms with van der Waals surface area (Å²) >= 11 is 1.78. The van der Waals surface area contributed by atoms with E-state index in [1.807, 2.05) is 31.1 Å². The number of hydrogen-bond donors (Lipinski definition) is 3. The van der Waals surface area contributed by atoms with Crippen molar-refractivity contribution in [1.29, 1.82) is 0 Å². The predicted molar refractivity (Wildman–Crippen MR) is 98.3 cm³/mol. The summed E-state index contributed by atoms with van der Waals surface area (Å²) in [6, 6.07) is 3.85. The molecular weight excluding hydrogens is 312 g/mol. The molecule has 0 fully saturated rings. The van der Waals surface area contributed by atoms with Gasteiger partial charge in [-0.3, -0.25) is 4.99 Å². The smallest absolute Gasteiger partial charge is 0.191 e. The Labute approximate surface area is 143 Å². The molecule has 1 unspecified atom stereocenters. The van der Waals surface area contributed by atoms with E-state index in [2.05, 4.69) is 21.9 Å². The first-order valence-electron chi connectivity index (χ1n) is 7.83. The Morgan fingerprint density at radius 3 is 2.74 bits per heavy atom. The molecule has 0 bridgehead atoms. The van der Waals surface area contributed by atoms with Gasteiger partial charge in [-0.2, -0.15) is 11.8 Å². The first kappa shape index (κ1) is 19.9. The van der Waals surface area contributed by atoms with Crippen molar-refractivity contribution < 1.29 is 9.52 Å². The van der Waals surface area contributed by atoms with Gasteiger partial charge in [0.2, 0.25) is 0 Å². The third-order valence-corrected chi connectivity index (χ3v) is 3.69. The van der Waals surface area contributed by atoms with E-state index >= 15 is 0 Å². The van der Waals surface area contributed by atoms with Crippen molar-refractivity contribution in [1.82, 2.24) is 15.5 Å². The average Bonchev–Trinajstić information content (AvgIpc) is 2.96. The van der Waals surface area contributed by atoms with Crippen LogP contribution in [0.25, 0.3) is 0 Å². The summed E-state index contributed by atoms with van der Waals surface area (Å²) in [5.41, 5.74) is -0.849. The Balaban J connectivity index is 2.50. The maximum Gasteiger partial charge on any atom is 0.191 e. The van der Waals surface area contributed by atoms with Crippen LogP contribution in [0.15, 0.2) is 27.8 Å². The van der Waals surface area contributed by atoms with Crippen molar-refractivity contribution in [2.45, 2.75) is 18.9 Å². The van der Waals surface area contributed by atoms with E-state index in [1.165, 1.54) is 0 Å². The minimum atomic E-state index is -0.849. The van der Waals surface area contributed by atoms with Gasteiger partial charge < -0.3 is 25.1 Å². The third-order valence-electron chi connectivity index (χ3n) is 3.08. The SMILES string of the molecule is CSCCNC(=NCC(C)(O)CN(C)C)NCCc1ccco1. The highest BCUT2D eigenvalue weighted by atomic mass is 32.2. The molecule has 0 saturated heterocycles. The molecule has 1 aromatic heterocycles. The molecular formula is C16H30N4O2S. The van der Waals surface area contributed by atoms with Gasteiger partial charge in [0.05, 0.1) is 18.4 Å². The average molecular weight is 343 g/mol. The van der Waals surface area contributed by atoms with Gasteiger partial charge in [-0.15, -0.1) is 0 Å². The van der Waals surface area contributed by atoms with Crippen LogP contribution in [0.5, 0.6) is 0 Å². The summed E-state index contributed by atoms with van der Waals surface area (Å²) in [5, 5.41) is 16.9. The number of guanidine groups is 1. The Morgan fingerprint density at radius 2 is 2.13 bits per heavy atom. The number of rotatable bonds is 10. The second-order valence-electron chi connectivity index (χ2n) is 6.08. The molecule has 6 nitrogen and oxygen atoms in total. The second-order valence-corrected chi connectivity index (χ2v) is 7.06. The van der Waals surface area contributed by atoms with Crippen LogP contribution < -0.4 is 10.6 Å². The molecule has 0 spiro atoms. The third kappa shape index (κ3) is 9.53. The normalized spacial score (nSPS) is 14.8. The minimum absolute atomic E-state index is 0.348. The standard InChI is InChI=1S/C16H30N4O2S/c1-16(21,13-20(2)3)12-19-15(18-9-11-23-4)17-8-7-14-6-5-10-22-14/h5-6,10,21H,7-9,11-13H2,1-4H3,(H2,17,18,19). The van der Waals surface area contributed by atoms with Crippen LogP contribution in [0.3, 0.4) is 0 Å². The van der Waals surface area contributed by atoms with Crippen molar-refractivity contribution in [3.63, 3.8) is 0 Å². The summed E-state index contributed by atoms with van der Waals surface area (Å²) in [6.07, 6.45) is 4.55. The number of aliphatic imine (C=N–C) groups is 1. The summed E-state index contributed by atoms with van der Waals surface area (Å²) in [5.74, 6) is 2.68. The summed E-state index contributed by atoms with van der Waals surface area (Å²) in [4.78, 5) is 6.48. The van der Waals surface area contributed by atoms with Gasteiger partial charge in [0, 0.05) is 31.8 Å². The molecule has 0 aliphatic carbocycles. The molecule has 3 N–H and O–H groups in total. The molecule has 0 aliphatic heterocycles. The summed E-state index contributed by atoms with van der Waals surface area (Å²) in [7, 11) is 3.88. The lowest BCUT2D eigenvalue weighted by Crippen LogP contribution is -2.43. The monoisotopic (exact) mass is 342 g/mol. The number of hydrogen-bond acceptors (Lipinski definition) is 5. The zero-order valence-electron chi connectivity index (χ0n) is 14.6. The minimum Gasteiger partial charge on any atom is -0.469 e. The van der Waals surface area contributed by atoms with Gasteiger partial charge in [-0.1, -0.05) is 0 Å². The maximum absolute atomic E-state index is 10.4. The summed E-state index contributed by atoms with van der Waals surface area (Å²) in [6.45, 7) is 4.29. The molecule has 0 saturated carbocycles. The molecule has 1 heterocycles. The number of aliphatic hydroxyl groups is 1. The van der Waals surface area contributed by atoms with Gasteiger partial charge in [-0.25, -0.2) is 0 Å². The molecule has 1 rings (SSSR count). The number of thioether (sulfide) groups is 1. The van der Waals surface area contributed by atoms with Crippen LogP contribution in [0, 0.1) is 0 Å². The maximum atomic E-state index is 10.4. The number of likely N-dealkylation sites (N-methyl/N-ethyl adjacent to an activating group) is 1. The zero-order chi connectivity index (χ0) is 17.1. The highest BCUT2D eigenvalue weighted by Gasteiger charge is 2.21. The fourth-order valence-corrected chi connectivity index (χ4v) is 2.49. The fourth-order valence-electron chi connectivity index (χ4n) is 2.19. The highest BCUT2D eigenvalue weighted by molar-refractivity contribution is 7.98. The predicted octanol–water partition coefficient (Wildman–Crippen LogP) is 1.03. The van der Waals surface area contributed by atoms with Gasteiger partial charge in [0.1, 0.15) is 5.76 Å². The molecule has 0 radical (unpaired) electrons. The van der Waals surface area contributed by atoms with Crippen molar-refractivity contribution >= 4 is 17.7 Å². The lowest BCUT2D eigenvalue weighted by Gasteiger charge is -2.25. The van der Waals surface area contributed by atoms with E-state index in [0.717, 1.165) is 37.0 Å². The van der Waals surface area contributed by atoms with E-state index in [0.29, 0.717) is 13.1 Å². The van der Waals surface area contributed by atoms with Crippen molar-refractivity contribution in [2.75, 3.05) is 52.3 Å². The number of nitrogens with one attached hydrogen (secondary N) is 2. The largest absolute Gasteiger partial charge is 0.469 e. The lowest BCUT2D eigenvalue weighted by atomic mass is 10.1. The Hall–Kier alpha value is -1.18. The van der Waals surface area contributed by atoms with Crippen LogP contribution in [0.4, 0.5) is 0 Å². The molecule has 132 valence electrons. The van der Waals surface area contributed by atoms with Crippen LogP contribution in [-0.2, 0) is 6.42 Å². The summed E-state index contributed by atoms with van der Waals surface area (Å²) < 4.78 is 5.32. The second kappa shape index (κ2) is 10.6. The quantitative estimate of drug-likeness (QED) is 0.335. The van der Waals surface area contributed by atoms with Crippen LogP contribution >= 0.6 is 11.8 Å². The van der Waals surface area contributed by atoms with E-state index in [1.54, 1.807) is 24.9 Å². The Kier molecular flexibility index (Phi) is 9.13. The van der Waals surface area contributed by atoms with E-state index in [9.17, 15) is 5.11 Å². The van der Waals surface area contributed by atoms with E-state index in [4.69, 9.17) is 4.42 Å². The first-order valence-corrected chi connectivity index (χ1v) is 9.23. The van der Waals surface area contributed by atoms with Gasteiger partial charge in [0.15, 0.2) is 5.96 Å². The zero-order valence-corrected chi connectivity index (χ0v) is 15.4.